The van der Waals surface area contributed by atoms with Crippen molar-refractivity contribution in [3.8, 4) is 0 Å². The molecule has 1 aliphatic heterocycles. The van der Waals surface area contributed by atoms with E-state index < -0.39 is 0 Å². The fourth-order valence-corrected chi connectivity index (χ4v) is 2.02. The minimum Gasteiger partial charge on any atom is -0.350 e. The molecule has 3 atom stereocenters. The lowest BCUT2D eigenvalue weighted by Gasteiger charge is -2.38. The molecule has 0 amide bonds. The highest BCUT2D eigenvalue weighted by atomic mass is 31.1. The van der Waals surface area contributed by atoms with Crippen molar-refractivity contribution >= 4 is 8.58 Å². The van der Waals surface area contributed by atoms with Crippen LogP contribution in [0.5, 0.6) is 0 Å². The second-order valence-corrected chi connectivity index (χ2v) is 5.26. The van der Waals surface area contributed by atoms with Gasteiger partial charge in [-0.1, -0.05) is 6.92 Å². The highest BCUT2D eigenvalue weighted by molar-refractivity contribution is 7.37. The van der Waals surface area contributed by atoms with E-state index in [9.17, 15) is 0 Å². The van der Waals surface area contributed by atoms with Gasteiger partial charge in [-0.05, 0) is 32.6 Å². The van der Waals surface area contributed by atoms with E-state index in [1.807, 2.05) is 13.8 Å². The fraction of sp³-hybridized carbons (Fsp3) is 1.00. The van der Waals surface area contributed by atoms with Gasteiger partial charge in [0.15, 0.2) is 5.79 Å². The van der Waals surface area contributed by atoms with Crippen LogP contribution in [0.3, 0.4) is 0 Å². The standard InChI is InChI=1S/C9H19O2P/c1-7(12-4)8-5-6-10-9(2,3)11-8/h7-8,12H,5-6H2,1-4H3. The Morgan fingerprint density at radius 2 is 2.17 bits per heavy atom. The molecule has 1 saturated heterocycles. The minimum atomic E-state index is -0.364. The first kappa shape index (κ1) is 10.4. The van der Waals surface area contributed by atoms with E-state index in [0.717, 1.165) is 21.6 Å². The molecule has 0 spiro atoms. The van der Waals surface area contributed by atoms with E-state index in [2.05, 4.69) is 13.6 Å². The van der Waals surface area contributed by atoms with Crippen LogP contribution in [0.25, 0.3) is 0 Å². The summed E-state index contributed by atoms with van der Waals surface area (Å²) in [6.45, 7) is 9.31. The monoisotopic (exact) mass is 190 g/mol. The summed E-state index contributed by atoms with van der Waals surface area (Å²) in [5, 5.41) is 0. The zero-order chi connectivity index (χ0) is 9.19. The Morgan fingerprint density at radius 3 is 2.67 bits per heavy atom. The summed E-state index contributed by atoms with van der Waals surface area (Å²) in [5.74, 6) is -0.364. The van der Waals surface area contributed by atoms with Gasteiger partial charge >= 0.3 is 0 Å². The summed E-state index contributed by atoms with van der Waals surface area (Å²) < 4.78 is 11.3. The lowest BCUT2D eigenvalue weighted by atomic mass is 10.1. The first-order chi connectivity index (χ1) is 5.55. The van der Waals surface area contributed by atoms with Crippen LogP contribution in [0.4, 0.5) is 0 Å². The Labute approximate surface area is 76.8 Å². The maximum Gasteiger partial charge on any atom is 0.163 e. The molecule has 0 aliphatic carbocycles. The van der Waals surface area contributed by atoms with Crippen LogP contribution in [0.15, 0.2) is 0 Å². The molecule has 0 aromatic rings. The van der Waals surface area contributed by atoms with Gasteiger partial charge in [0, 0.05) is 0 Å². The van der Waals surface area contributed by atoms with Crippen LogP contribution < -0.4 is 0 Å². The lowest BCUT2D eigenvalue weighted by Crippen LogP contribution is -2.43. The smallest absolute Gasteiger partial charge is 0.163 e. The second-order valence-electron chi connectivity index (χ2n) is 3.77. The summed E-state index contributed by atoms with van der Waals surface area (Å²) in [6.07, 6.45) is 1.45. The summed E-state index contributed by atoms with van der Waals surface area (Å²) in [5.41, 5.74) is 0.674. The largest absolute Gasteiger partial charge is 0.350 e. The Hall–Kier alpha value is 0.350. The van der Waals surface area contributed by atoms with Gasteiger partial charge in [0.25, 0.3) is 0 Å². The quantitative estimate of drug-likeness (QED) is 0.621. The van der Waals surface area contributed by atoms with E-state index in [0.29, 0.717) is 11.8 Å². The zero-order valence-corrected chi connectivity index (χ0v) is 9.39. The van der Waals surface area contributed by atoms with Crippen molar-refractivity contribution < 1.29 is 9.47 Å². The van der Waals surface area contributed by atoms with E-state index >= 15 is 0 Å². The molecular formula is C9H19O2P. The van der Waals surface area contributed by atoms with Crippen LogP contribution in [-0.4, -0.2) is 30.8 Å². The van der Waals surface area contributed by atoms with Gasteiger partial charge in [0.2, 0.25) is 0 Å². The third kappa shape index (κ3) is 2.69. The van der Waals surface area contributed by atoms with Gasteiger partial charge < -0.3 is 9.47 Å². The fourth-order valence-electron chi connectivity index (χ4n) is 1.42. The number of hydrogen-bond donors (Lipinski definition) is 0. The molecule has 12 heavy (non-hydrogen) atoms. The van der Waals surface area contributed by atoms with Crippen molar-refractivity contribution in [2.24, 2.45) is 0 Å². The van der Waals surface area contributed by atoms with E-state index in [1.165, 1.54) is 0 Å². The first-order valence-corrected chi connectivity index (χ1v) is 6.12. The van der Waals surface area contributed by atoms with Gasteiger partial charge in [-0.3, -0.25) is 0 Å². The highest BCUT2D eigenvalue weighted by Crippen LogP contribution is 2.29. The van der Waals surface area contributed by atoms with Crippen molar-refractivity contribution in [1.82, 2.24) is 0 Å². The third-order valence-corrected chi connectivity index (χ3v) is 3.58. The molecule has 1 aliphatic rings. The minimum absolute atomic E-state index is 0.364. The van der Waals surface area contributed by atoms with Crippen molar-refractivity contribution in [2.75, 3.05) is 13.3 Å². The molecular weight excluding hydrogens is 171 g/mol. The Balaban J connectivity index is 2.46. The molecule has 0 aromatic carbocycles. The second kappa shape index (κ2) is 4.04. The van der Waals surface area contributed by atoms with E-state index in [-0.39, 0.29) is 5.79 Å². The number of ether oxygens (including phenoxy) is 2. The molecule has 3 unspecified atom stereocenters. The Kier molecular flexibility index (Phi) is 3.51. The molecule has 2 nitrogen and oxygen atoms in total. The number of rotatable bonds is 2. The Morgan fingerprint density at radius 1 is 1.50 bits per heavy atom. The summed E-state index contributed by atoms with van der Waals surface area (Å²) in [4.78, 5) is 0. The molecule has 0 saturated carbocycles. The maximum atomic E-state index is 5.81. The summed E-state index contributed by atoms with van der Waals surface area (Å²) in [6, 6.07) is 0. The molecule has 0 aromatic heterocycles. The van der Waals surface area contributed by atoms with Crippen LogP contribution in [0.2, 0.25) is 0 Å². The third-order valence-electron chi connectivity index (χ3n) is 2.30. The van der Waals surface area contributed by atoms with Crippen molar-refractivity contribution in [1.29, 1.82) is 0 Å². The van der Waals surface area contributed by atoms with Crippen molar-refractivity contribution in [3.05, 3.63) is 0 Å². The van der Waals surface area contributed by atoms with Gasteiger partial charge in [0.05, 0.1) is 12.7 Å². The molecule has 1 fully saturated rings. The maximum absolute atomic E-state index is 5.81. The van der Waals surface area contributed by atoms with Crippen molar-refractivity contribution in [2.45, 2.75) is 44.7 Å². The van der Waals surface area contributed by atoms with Gasteiger partial charge in [0.1, 0.15) is 0 Å². The van der Waals surface area contributed by atoms with E-state index in [4.69, 9.17) is 9.47 Å². The van der Waals surface area contributed by atoms with Crippen LogP contribution in [-0.2, 0) is 9.47 Å². The predicted octanol–water partition coefficient (Wildman–Crippen LogP) is 2.22. The van der Waals surface area contributed by atoms with E-state index in [1.54, 1.807) is 0 Å². The van der Waals surface area contributed by atoms with Crippen LogP contribution in [0, 0.1) is 0 Å². The average Bonchev–Trinajstić information content (AvgIpc) is 2.01. The molecule has 1 heterocycles. The van der Waals surface area contributed by atoms with Crippen LogP contribution in [0.1, 0.15) is 27.2 Å². The topological polar surface area (TPSA) is 18.5 Å². The summed E-state index contributed by atoms with van der Waals surface area (Å²) in [7, 11) is 0.958. The molecule has 72 valence electrons. The molecule has 3 heteroatoms. The van der Waals surface area contributed by atoms with Gasteiger partial charge in [-0.15, -0.1) is 8.58 Å². The average molecular weight is 190 g/mol. The molecule has 1 rings (SSSR count). The van der Waals surface area contributed by atoms with Gasteiger partial charge in [-0.2, -0.15) is 0 Å². The number of hydrogen-bond acceptors (Lipinski definition) is 2. The zero-order valence-electron chi connectivity index (χ0n) is 8.39. The Bertz CT molecular complexity index is 147. The van der Waals surface area contributed by atoms with Crippen LogP contribution >= 0.6 is 8.58 Å². The molecule has 0 bridgehead atoms. The molecule has 0 radical (unpaired) electrons. The lowest BCUT2D eigenvalue weighted by molar-refractivity contribution is -0.272. The molecule has 0 N–H and O–H groups in total. The normalized spacial score (nSPS) is 32.5. The van der Waals surface area contributed by atoms with Gasteiger partial charge in [-0.25, -0.2) is 0 Å². The SMILES string of the molecule is CPC(C)C1CCOC(C)(C)O1. The first-order valence-electron chi connectivity index (χ1n) is 4.54. The summed E-state index contributed by atoms with van der Waals surface area (Å²) >= 11 is 0. The highest BCUT2D eigenvalue weighted by Gasteiger charge is 2.31. The predicted molar refractivity (Wildman–Crippen MR) is 53.2 cm³/mol. The van der Waals surface area contributed by atoms with Crippen molar-refractivity contribution in [3.63, 3.8) is 0 Å².